The molecule has 3 heteroatoms. The van der Waals surface area contributed by atoms with Crippen molar-refractivity contribution < 1.29 is 4.74 Å². The first-order valence-electron chi connectivity index (χ1n) is 6.50. The minimum absolute atomic E-state index is 0.696. The minimum Gasteiger partial charge on any atom is -0.497 e. The van der Waals surface area contributed by atoms with Gasteiger partial charge < -0.3 is 15.4 Å². The average Bonchev–Trinajstić information content (AvgIpc) is 2.40. The van der Waals surface area contributed by atoms with E-state index in [0.29, 0.717) is 6.04 Å². The molecule has 1 aromatic carbocycles. The monoisotopic (exact) mass is 234 g/mol. The molecule has 0 spiro atoms. The summed E-state index contributed by atoms with van der Waals surface area (Å²) >= 11 is 0. The van der Waals surface area contributed by atoms with Crippen molar-refractivity contribution in [2.45, 2.75) is 31.7 Å². The summed E-state index contributed by atoms with van der Waals surface area (Å²) in [6, 6.07) is 8.79. The fourth-order valence-electron chi connectivity index (χ4n) is 2.29. The van der Waals surface area contributed by atoms with E-state index in [1.54, 1.807) is 7.11 Å². The molecule has 1 aliphatic rings. The Morgan fingerprint density at radius 2 is 2.35 bits per heavy atom. The molecule has 0 saturated carbocycles. The molecule has 0 bridgehead atoms. The van der Waals surface area contributed by atoms with Gasteiger partial charge in [-0.15, -0.1) is 0 Å². The van der Waals surface area contributed by atoms with Gasteiger partial charge in [-0.3, -0.25) is 0 Å². The van der Waals surface area contributed by atoms with E-state index in [2.05, 4.69) is 16.7 Å². The highest BCUT2D eigenvalue weighted by Crippen LogP contribution is 2.17. The lowest BCUT2D eigenvalue weighted by atomic mass is 10.0. The zero-order chi connectivity index (χ0) is 11.9. The number of piperidine rings is 1. The van der Waals surface area contributed by atoms with Crippen molar-refractivity contribution in [2.24, 2.45) is 0 Å². The molecule has 1 atom stereocenters. The molecule has 2 N–H and O–H groups in total. The van der Waals surface area contributed by atoms with Crippen LogP contribution in [0.1, 0.15) is 25.7 Å². The van der Waals surface area contributed by atoms with Gasteiger partial charge in [-0.25, -0.2) is 0 Å². The molecule has 17 heavy (non-hydrogen) atoms. The maximum atomic E-state index is 5.20. The summed E-state index contributed by atoms with van der Waals surface area (Å²) in [5.41, 5.74) is 1.14. The zero-order valence-corrected chi connectivity index (χ0v) is 10.5. The zero-order valence-electron chi connectivity index (χ0n) is 10.5. The van der Waals surface area contributed by atoms with Gasteiger partial charge in [-0.1, -0.05) is 12.5 Å². The normalized spacial score (nSPS) is 19.9. The van der Waals surface area contributed by atoms with Gasteiger partial charge >= 0.3 is 0 Å². The number of nitrogens with one attached hydrogen (secondary N) is 2. The fourth-order valence-corrected chi connectivity index (χ4v) is 2.29. The predicted molar refractivity (Wildman–Crippen MR) is 71.7 cm³/mol. The van der Waals surface area contributed by atoms with Gasteiger partial charge in [-0.2, -0.15) is 0 Å². The van der Waals surface area contributed by atoms with Gasteiger partial charge in [0.15, 0.2) is 0 Å². The van der Waals surface area contributed by atoms with E-state index in [0.717, 1.165) is 18.0 Å². The van der Waals surface area contributed by atoms with Crippen LogP contribution in [0.2, 0.25) is 0 Å². The lowest BCUT2D eigenvalue weighted by Gasteiger charge is -2.23. The highest BCUT2D eigenvalue weighted by molar-refractivity contribution is 5.48. The van der Waals surface area contributed by atoms with Gasteiger partial charge in [0.1, 0.15) is 5.75 Å². The third-order valence-electron chi connectivity index (χ3n) is 3.30. The van der Waals surface area contributed by atoms with Crippen LogP contribution in [0.15, 0.2) is 24.3 Å². The molecule has 0 aromatic heterocycles. The molecular formula is C14H22N2O. The van der Waals surface area contributed by atoms with E-state index in [-0.39, 0.29) is 0 Å². The third-order valence-corrected chi connectivity index (χ3v) is 3.30. The summed E-state index contributed by atoms with van der Waals surface area (Å²) in [4.78, 5) is 0. The number of anilines is 1. The topological polar surface area (TPSA) is 33.3 Å². The summed E-state index contributed by atoms with van der Waals surface area (Å²) in [5, 5.41) is 7.01. The molecule has 1 unspecified atom stereocenters. The summed E-state index contributed by atoms with van der Waals surface area (Å²) in [7, 11) is 1.70. The van der Waals surface area contributed by atoms with Crippen LogP contribution >= 0.6 is 0 Å². The third kappa shape index (κ3) is 3.93. The van der Waals surface area contributed by atoms with E-state index < -0.39 is 0 Å². The van der Waals surface area contributed by atoms with Crippen LogP contribution < -0.4 is 15.4 Å². The van der Waals surface area contributed by atoms with Crippen LogP contribution in [0, 0.1) is 0 Å². The molecule has 0 aliphatic carbocycles. The molecule has 1 saturated heterocycles. The van der Waals surface area contributed by atoms with Crippen LogP contribution in [0.3, 0.4) is 0 Å². The quantitative estimate of drug-likeness (QED) is 0.821. The maximum absolute atomic E-state index is 5.20. The van der Waals surface area contributed by atoms with Crippen molar-refractivity contribution in [3.63, 3.8) is 0 Å². The van der Waals surface area contributed by atoms with Crippen molar-refractivity contribution in [2.75, 3.05) is 25.5 Å². The van der Waals surface area contributed by atoms with Gasteiger partial charge in [0, 0.05) is 24.3 Å². The standard InChI is InChI=1S/C14H22N2O/c1-17-14-7-4-6-13(11-14)16-10-8-12-5-2-3-9-15-12/h4,6-7,11-12,15-16H,2-3,5,8-10H2,1H3. The lowest BCUT2D eigenvalue weighted by molar-refractivity contribution is 0.389. The van der Waals surface area contributed by atoms with Gasteiger partial charge in [-0.05, 0) is 37.9 Å². The smallest absolute Gasteiger partial charge is 0.120 e. The molecule has 1 aromatic rings. The number of ether oxygens (including phenoxy) is 1. The number of hydrogen-bond acceptors (Lipinski definition) is 3. The second-order valence-electron chi connectivity index (χ2n) is 4.59. The van der Waals surface area contributed by atoms with E-state index in [9.17, 15) is 0 Å². The second kappa shape index (κ2) is 6.50. The van der Waals surface area contributed by atoms with Crippen LogP contribution in [0.5, 0.6) is 5.75 Å². The summed E-state index contributed by atoms with van der Waals surface area (Å²) in [6.45, 7) is 2.20. The first-order chi connectivity index (χ1) is 8.38. The highest BCUT2D eigenvalue weighted by Gasteiger charge is 2.11. The Kier molecular flexibility index (Phi) is 4.68. The second-order valence-corrected chi connectivity index (χ2v) is 4.59. The SMILES string of the molecule is COc1cccc(NCCC2CCCCN2)c1. The predicted octanol–water partition coefficient (Wildman–Crippen LogP) is 2.64. The summed E-state index contributed by atoms with van der Waals surface area (Å²) < 4.78 is 5.20. The van der Waals surface area contributed by atoms with Crippen LogP contribution in [-0.2, 0) is 0 Å². The number of methoxy groups -OCH3 is 1. The first-order valence-corrected chi connectivity index (χ1v) is 6.50. The lowest BCUT2D eigenvalue weighted by Crippen LogP contribution is -2.35. The van der Waals surface area contributed by atoms with Crippen LogP contribution in [-0.4, -0.2) is 26.2 Å². The fraction of sp³-hybridized carbons (Fsp3) is 0.571. The molecule has 1 fully saturated rings. The van der Waals surface area contributed by atoms with E-state index in [1.165, 1.54) is 32.2 Å². The van der Waals surface area contributed by atoms with Crippen LogP contribution in [0.25, 0.3) is 0 Å². The molecule has 1 heterocycles. The van der Waals surface area contributed by atoms with E-state index in [1.807, 2.05) is 18.2 Å². The minimum atomic E-state index is 0.696. The average molecular weight is 234 g/mol. The number of hydrogen-bond donors (Lipinski definition) is 2. The van der Waals surface area contributed by atoms with Crippen molar-refractivity contribution >= 4 is 5.69 Å². The Labute approximate surface area is 104 Å². The Balaban J connectivity index is 1.73. The maximum Gasteiger partial charge on any atom is 0.120 e. The molecule has 0 amide bonds. The molecule has 0 radical (unpaired) electrons. The largest absolute Gasteiger partial charge is 0.497 e. The van der Waals surface area contributed by atoms with Crippen molar-refractivity contribution in [1.82, 2.24) is 5.32 Å². The van der Waals surface area contributed by atoms with Gasteiger partial charge in [0.2, 0.25) is 0 Å². The van der Waals surface area contributed by atoms with E-state index in [4.69, 9.17) is 4.74 Å². The highest BCUT2D eigenvalue weighted by atomic mass is 16.5. The molecule has 2 rings (SSSR count). The Morgan fingerprint density at radius 1 is 1.41 bits per heavy atom. The van der Waals surface area contributed by atoms with Gasteiger partial charge in [0.25, 0.3) is 0 Å². The Hall–Kier alpha value is -1.22. The molecular weight excluding hydrogens is 212 g/mol. The van der Waals surface area contributed by atoms with Crippen molar-refractivity contribution in [3.05, 3.63) is 24.3 Å². The summed E-state index contributed by atoms with van der Waals surface area (Å²) in [6.07, 6.45) is 5.22. The van der Waals surface area contributed by atoms with Crippen molar-refractivity contribution in [3.8, 4) is 5.75 Å². The van der Waals surface area contributed by atoms with Gasteiger partial charge in [0.05, 0.1) is 7.11 Å². The number of benzene rings is 1. The first kappa shape index (κ1) is 12.2. The molecule has 1 aliphatic heterocycles. The van der Waals surface area contributed by atoms with E-state index >= 15 is 0 Å². The molecule has 3 nitrogen and oxygen atoms in total. The Morgan fingerprint density at radius 3 is 3.12 bits per heavy atom. The molecule has 94 valence electrons. The Bertz CT molecular complexity index is 335. The van der Waals surface area contributed by atoms with Crippen LogP contribution in [0.4, 0.5) is 5.69 Å². The van der Waals surface area contributed by atoms with Crippen molar-refractivity contribution in [1.29, 1.82) is 0 Å². The summed E-state index contributed by atoms with van der Waals surface area (Å²) in [5.74, 6) is 0.908. The number of rotatable bonds is 5.